The van der Waals surface area contributed by atoms with Gasteiger partial charge in [-0.05, 0) is 19.8 Å². The summed E-state index contributed by atoms with van der Waals surface area (Å²) < 4.78 is 5.11. The molecule has 0 radical (unpaired) electrons. The van der Waals surface area contributed by atoms with E-state index in [4.69, 9.17) is 4.74 Å². The second-order valence-corrected chi connectivity index (χ2v) is 4.68. The standard InChI is InChI=1S/C9H15BrO2/c1-3-4-5-12-8(11)9(2)6-7(9)10/h7H,3-6H2,1-2H3/t7-,9-/m0/s1. The van der Waals surface area contributed by atoms with Gasteiger partial charge < -0.3 is 4.74 Å². The topological polar surface area (TPSA) is 26.3 Å². The Kier molecular flexibility index (Phi) is 3.16. The number of ether oxygens (including phenoxy) is 1. The van der Waals surface area contributed by atoms with E-state index < -0.39 is 0 Å². The van der Waals surface area contributed by atoms with E-state index in [0.29, 0.717) is 11.4 Å². The lowest BCUT2D eigenvalue weighted by molar-refractivity contribution is -0.149. The molecule has 2 nitrogen and oxygen atoms in total. The second-order valence-electron chi connectivity index (χ2n) is 3.58. The average molecular weight is 235 g/mol. The second kappa shape index (κ2) is 3.77. The highest BCUT2D eigenvalue weighted by molar-refractivity contribution is 9.09. The molecule has 3 heteroatoms. The minimum Gasteiger partial charge on any atom is -0.465 e. The molecule has 1 rings (SSSR count). The fourth-order valence-electron chi connectivity index (χ4n) is 0.999. The molecule has 0 saturated heterocycles. The summed E-state index contributed by atoms with van der Waals surface area (Å²) in [5, 5.41) is 0. The van der Waals surface area contributed by atoms with Gasteiger partial charge in [0.15, 0.2) is 0 Å². The van der Waals surface area contributed by atoms with Gasteiger partial charge in [-0.3, -0.25) is 4.79 Å². The van der Waals surface area contributed by atoms with Crippen LogP contribution in [0.25, 0.3) is 0 Å². The van der Waals surface area contributed by atoms with Crippen LogP contribution in [0.1, 0.15) is 33.1 Å². The zero-order chi connectivity index (χ0) is 9.19. The van der Waals surface area contributed by atoms with E-state index in [1.807, 2.05) is 6.92 Å². The first kappa shape index (κ1) is 10.0. The number of rotatable bonds is 4. The number of hydrogen-bond acceptors (Lipinski definition) is 2. The molecule has 1 saturated carbocycles. The number of unbranched alkanes of at least 4 members (excludes halogenated alkanes) is 1. The van der Waals surface area contributed by atoms with Crippen LogP contribution in [-0.2, 0) is 9.53 Å². The van der Waals surface area contributed by atoms with Crippen molar-refractivity contribution in [3.63, 3.8) is 0 Å². The normalized spacial score (nSPS) is 33.1. The van der Waals surface area contributed by atoms with Crippen molar-refractivity contribution in [2.75, 3.05) is 6.61 Å². The van der Waals surface area contributed by atoms with Crippen molar-refractivity contribution in [2.45, 2.75) is 37.9 Å². The Hall–Kier alpha value is -0.0500. The van der Waals surface area contributed by atoms with Gasteiger partial charge in [0.25, 0.3) is 0 Å². The molecule has 2 atom stereocenters. The van der Waals surface area contributed by atoms with Gasteiger partial charge in [0.2, 0.25) is 0 Å². The van der Waals surface area contributed by atoms with Gasteiger partial charge >= 0.3 is 5.97 Å². The molecular formula is C9H15BrO2. The van der Waals surface area contributed by atoms with Crippen molar-refractivity contribution in [1.29, 1.82) is 0 Å². The van der Waals surface area contributed by atoms with Crippen LogP contribution < -0.4 is 0 Å². The number of carbonyl (C=O) groups excluding carboxylic acids is 1. The summed E-state index contributed by atoms with van der Waals surface area (Å²) >= 11 is 3.41. The lowest BCUT2D eigenvalue weighted by Gasteiger charge is -2.08. The summed E-state index contributed by atoms with van der Waals surface area (Å²) in [6, 6.07) is 0. The van der Waals surface area contributed by atoms with Crippen molar-refractivity contribution in [3.8, 4) is 0 Å². The van der Waals surface area contributed by atoms with Gasteiger partial charge in [-0.2, -0.15) is 0 Å². The maximum absolute atomic E-state index is 11.4. The Labute approximate surface area is 81.8 Å². The zero-order valence-electron chi connectivity index (χ0n) is 7.60. The predicted octanol–water partition coefficient (Wildman–Crippen LogP) is 2.50. The molecule has 1 aliphatic rings. The van der Waals surface area contributed by atoms with Crippen LogP contribution in [0.4, 0.5) is 0 Å². The van der Waals surface area contributed by atoms with E-state index in [-0.39, 0.29) is 11.4 Å². The largest absolute Gasteiger partial charge is 0.465 e. The summed E-state index contributed by atoms with van der Waals surface area (Å²) in [5.74, 6) is -0.0437. The highest BCUT2D eigenvalue weighted by atomic mass is 79.9. The molecule has 0 bridgehead atoms. The van der Waals surface area contributed by atoms with E-state index in [2.05, 4.69) is 22.9 Å². The van der Waals surface area contributed by atoms with Crippen molar-refractivity contribution >= 4 is 21.9 Å². The number of carbonyl (C=O) groups is 1. The number of hydrogen-bond donors (Lipinski definition) is 0. The van der Waals surface area contributed by atoms with Crippen LogP contribution in [0.15, 0.2) is 0 Å². The SMILES string of the molecule is CCCCOC(=O)[C@@]1(C)C[C@@H]1Br. The van der Waals surface area contributed by atoms with Gasteiger partial charge in [-0.1, -0.05) is 29.3 Å². The van der Waals surface area contributed by atoms with E-state index in [0.717, 1.165) is 19.3 Å². The molecule has 1 fully saturated rings. The number of halogens is 1. The number of esters is 1. The smallest absolute Gasteiger partial charge is 0.312 e. The molecule has 0 spiro atoms. The minimum absolute atomic E-state index is 0.0437. The molecule has 0 heterocycles. The lowest BCUT2D eigenvalue weighted by Crippen LogP contribution is -2.18. The van der Waals surface area contributed by atoms with Crippen molar-refractivity contribution < 1.29 is 9.53 Å². The summed E-state index contributed by atoms with van der Waals surface area (Å²) in [6.07, 6.45) is 2.95. The molecule has 0 amide bonds. The van der Waals surface area contributed by atoms with Gasteiger partial charge in [-0.15, -0.1) is 0 Å². The summed E-state index contributed by atoms with van der Waals surface area (Å²) in [4.78, 5) is 11.7. The van der Waals surface area contributed by atoms with E-state index in [1.54, 1.807) is 0 Å². The first-order valence-electron chi connectivity index (χ1n) is 4.42. The molecule has 12 heavy (non-hydrogen) atoms. The highest BCUT2D eigenvalue weighted by Gasteiger charge is 2.56. The number of alkyl halides is 1. The summed E-state index contributed by atoms with van der Waals surface area (Å²) in [6.45, 7) is 4.60. The van der Waals surface area contributed by atoms with Crippen LogP contribution in [0.2, 0.25) is 0 Å². The van der Waals surface area contributed by atoms with Gasteiger partial charge in [0.1, 0.15) is 0 Å². The third kappa shape index (κ3) is 2.00. The Balaban J connectivity index is 2.21. The van der Waals surface area contributed by atoms with Crippen molar-refractivity contribution in [3.05, 3.63) is 0 Å². The fourth-order valence-corrected chi connectivity index (χ4v) is 1.86. The Bertz CT molecular complexity index is 181. The highest BCUT2D eigenvalue weighted by Crippen LogP contribution is 2.51. The molecule has 0 aliphatic heterocycles. The molecule has 0 aromatic heterocycles. The Morgan fingerprint density at radius 3 is 2.75 bits per heavy atom. The fraction of sp³-hybridized carbons (Fsp3) is 0.889. The maximum Gasteiger partial charge on any atom is 0.312 e. The zero-order valence-corrected chi connectivity index (χ0v) is 9.19. The lowest BCUT2D eigenvalue weighted by atomic mass is 10.1. The van der Waals surface area contributed by atoms with Gasteiger partial charge in [0.05, 0.1) is 12.0 Å². The van der Waals surface area contributed by atoms with E-state index >= 15 is 0 Å². The predicted molar refractivity (Wildman–Crippen MR) is 51.3 cm³/mol. The van der Waals surface area contributed by atoms with Crippen molar-refractivity contribution in [1.82, 2.24) is 0 Å². The van der Waals surface area contributed by atoms with E-state index in [1.165, 1.54) is 0 Å². The van der Waals surface area contributed by atoms with E-state index in [9.17, 15) is 4.79 Å². The van der Waals surface area contributed by atoms with Crippen LogP contribution in [-0.4, -0.2) is 17.4 Å². The monoisotopic (exact) mass is 234 g/mol. The molecule has 0 unspecified atom stereocenters. The molecule has 0 aromatic carbocycles. The van der Waals surface area contributed by atoms with Crippen LogP contribution in [0.5, 0.6) is 0 Å². The quantitative estimate of drug-likeness (QED) is 0.425. The molecule has 0 aromatic rings. The van der Waals surface area contributed by atoms with Crippen molar-refractivity contribution in [2.24, 2.45) is 5.41 Å². The first-order chi connectivity index (χ1) is 5.61. The van der Waals surface area contributed by atoms with Gasteiger partial charge in [0, 0.05) is 4.83 Å². The summed E-state index contributed by atoms with van der Waals surface area (Å²) in [7, 11) is 0. The van der Waals surface area contributed by atoms with Crippen LogP contribution in [0.3, 0.4) is 0 Å². The van der Waals surface area contributed by atoms with Gasteiger partial charge in [-0.25, -0.2) is 0 Å². The summed E-state index contributed by atoms with van der Waals surface area (Å²) in [5.41, 5.74) is -0.228. The Morgan fingerprint density at radius 2 is 2.33 bits per heavy atom. The average Bonchev–Trinajstić information content (AvgIpc) is 2.62. The molecule has 70 valence electrons. The third-order valence-corrected chi connectivity index (χ3v) is 3.67. The molecule has 1 aliphatic carbocycles. The van der Waals surface area contributed by atoms with Crippen LogP contribution in [0, 0.1) is 5.41 Å². The maximum atomic E-state index is 11.4. The molecular weight excluding hydrogens is 220 g/mol. The molecule has 0 N–H and O–H groups in total. The minimum atomic E-state index is -0.228. The van der Waals surface area contributed by atoms with Crippen LogP contribution >= 0.6 is 15.9 Å². The first-order valence-corrected chi connectivity index (χ1v) is 5.34. The third-order valence-electron chi connectivity index (χ3n) is 2.33. The Morgan fingerprint density at radius 1 is 1.75 bits per heavy atom.